The first kappa shape index (κ1) is 13.8. The largest absolute Gasteiger partial charge is 0.381 e. The average molecular weight is 263 g/mol. The summed E-state index contributed by atoms with van der Waals surface area (Å²) in [7, 11) is 0. The molecule has 19 heavy (non-hydrogen) atoms. The van der Waals surface area contributed by atoms with Crippen LogP contribution >= 0.6 is 0 Å². The van der Waals surface area contributed by atoms with Gasteiger partial charge in [0.2, 0.25) is 0 Å². The average Bonchev–Trinajstić information content (AvgIpc) is 2.46. The quantitative estimate of drug-likeness (QED) is 0.850. The van der Waals surface area contributed by atoms with E-state index in [1.165, 1.54) is 0 Å². The molecule has 2 N–H and O–H groups in total. The molecule has 0 spiro atoms. The van der Waals surface area contributed by atoms with Gasteiger partial charge in [0.25, 0.3) is 5.91 Å². The third-order valence-electron chi connectivity index (χ3n) is 3.15. The summed E-state index contributed by atoms with van der Waals surface area (Å²) in [6.45, 7) is 4.34. The van der Waals surface area contributed by atoms with Gasteiger partial charge in [0.05, 0.1) is 5.56 Å². The van der Waals surface area contributed by atoms with Crippen LogP contribution in [0.2, 0.25) is 0 Å². The number of aromatic nitrogens is 1. The fourth-order valence-corrected chi connectivity index (χ4v) is 2.08. The molecule has 0 saturated carbocycles. The van der Waals surface area contributed by atoms with E-state index >= 15 is 0 Å². The van der Waals surface area contributed by atoms with E-state index in [4.69, 9.17) is 4.74 Å². The number of carbonyl (C=O) groups excluding carboxylic acids is 1. The van der Waals surface area contributed by atoms with Crippen LogP contribution in [-0.4, -0.2) is 36.7 Å². The lowest BCUT2D eigenvalue weighted by molar-refractivity contribution is 0.0697. The van der Waals surface area contributed by atoms with Gasteiger partial charge in [-0.2, -0.15) is 0 Å². The molecule has 0 atom stereocenters. The molecule has 0 radical (unpaired) electrons. The molecule has 0 bridgehead atoms. The van der Waals surface area contributed by atoms with Crippen molar-refractivity contribution in [2.75, 3.05) is 25.1 Å². The monoisotopic (exact) mass is 263 g/mol. The van der Waals surface area contributed by atoms with Gasteiger partial charge in [-0.1, -0.05) is 6.92 Å². The maximum Gasteiger partial charge on any atom is 0.255 e. The van der Waals surface area contributed by atoms with Crippen LogP contribution in [-0.2, 0) is 4.74 Å². The van der Waals surface area contributed by atoms with Gasteiger partial charge in [0, 0.05) is 32.0 Å². The van der Waals surface area contributed by atoms with Crippen LogP contribution in [0, 0.1) is 0 Å². The number of carbonyl (C=O) groups is 1. The zero-order valence-electron chi connectivity index (χ0n) is 11.3. The number of ether oxygens (including phenoxy) is 1. The molecule has 5 heteroatoms. The second kappa shape index (κ2) is 7.09. The smallest absolute Gasteiger partial charge is 0.255 e. The first-order valence-electron chi connectivity index (χ1n) is 6.88. The predicted molar refractivity (Wildman–Crippen MR) is 74.3 cm³/mol. The molecule has 0 unspecified atom stereocenters. The summed E-state index contributed by atoms with van der Waals surface area (Å²) >= 11 is 0. The van der Waals surface area contributed by atoms with Gasteiger partial charge in [-0.3, -0.25) is 4.79 Å². The van der Waals surface area contributed by atoms with Crippen molar-refractivity contribution in [3.05, 3.63) is 23.9 Å². The Bertz CT molecular complexity index is 417. The van der Waals surface area contributed by atoms with Gasteiger partial charge in [-0.05, 0) is 31.4 Å². The Morgan fingerprint density at radius 1 is 1.47 bits per heavy atom. The molecule has 1 aliphatic rings. The van der Waals surface area contributed by atoms with Crippen molar-refractivity contribution in [1.82, 2.24) is 10.3 Å². The minimum Gasteiger partial charge on any atom is -0.381 e. The van der Waals surface area contributed by atoms with E-state index in [9.17, 15) is 4.79 Å². The number of hydrogen-bond donors (Lipinski definition) is 2. The standard InChI is InChI=1S/C14H21N3O2/c1-2-7-15-13-12(4-3-8-16-13)14(18)17-11-5-9-19-10-6-11/h3-4,8,11H,2,5-7,9-10H2,1H3,(H,15,16)(H,17,18). The van der Waals surface area contributed by atoms with Crippen LogP contribution in [0.15, 0.2) is 18.3 Å². The highest BCUT2D eigenvalue weighted by molar-refractivity contribution is 5.98. The van der Waals surface area contributed by atoms with Crippen LogP contribution in [0.3, 0.4) is 0 Å². The Kier molecular flexibility index (Phi) is 5.15. The molecule has 0 aromatic carbocycles. The van der Waals surface area contributed by atoms with E-state index < -0.39 is 0 Å². The second-order valence-electron chi connectivity index (χ2n) is 4.69. The first-order chi connectivity index (χ1) is 9.31. The molecule has 1 aliphatic heterocycles. The zero-order valence-corrected chi connectivity index (χ0v) is 11.3. The van der Waals surface area contributed by atoms with E-state index in [1.807, 2.05) is 0 Å². The van der Waals surface area contributed by atoms with E-state index in [-0.39, 0.29) is 11.9 Å². The second-order valence-corrected chi connectivity index (χ2v) is 4.69. The molecule has 2 rings (SSSR count). The van der Waals surface area contributed by atoms with Gasteiger partial charge in [-0.25, -0.2) is 4.98 Å². The molecular weight excluding hydrogens is 242 g/mol. The van der Waals surface area contributed by atoms with Crippen molar-refractivity contribution < 1.29 is 9.53 Å². The van der Waals surface area contributed by atoms with Crippen LogP contribution in [0.25, 0.3) is 0 Å². The fourth-order valence-electron chi connectivity index (χ4n) is 2.08. The Labute approximate surface area is 113 Å². The number of hydrogen-bond acceptors (Lipinski definition) is 4. The molecule has 1 fully saturated rings. The van der Waals surface area contributed by atoms with Crippen molar-refractivity contribution >= 4 is 11.7 Å². The molecule has 5 nitrogen and oxygen atoms in total. The summed E-state index contributed by atoms with van der Waals surface area (Å²) in [6.07, 6.45) is 4.45. The number of nitrogens with zero attached hydrogens (tertiary/aromatic N) is 1. The third kappa shape index (κ3) is 3.92. The molecule has 104 valence electrons. The number of pyridine rings is 1. The topological polar surface area (TPSA) is 63.2 Å². The number of amides is 1. The minimum absolute atomic E-state index is 0.0568. The van der Waals surface area contributed by atoms with Crippen LogP contribution in [0.4, 0.5) is 5.82 Å². The Hall–Kier alpha value is -1.62. The molecule has 1 amide bonds. The van der Waals surface area contributed by atoms with Gasteiger partial charge in [-0.15, -0.1) is 0 Å². The summed E-state index contributed by atoms with van der Waals surface area (Å²) < 4.78 is 5.29. The van der Waals surface area contributed by atoms with Crippen LogP contribution in [0.5, 0.6) is 0 Å². The molecule has 1 aromatic rings. The van der Waals surface area contributed by atoms with Crippen LogP contribution in [0.1, 0.15) is 36.5 Å². The molecular formula is C14H21N3O2. The lowest BCUT2D eigenvalue weighted by Crippen LogP contribution is -2.39. The Morgan fingerprint density at radius 3 is 3.00 bits per heavy atom. The maximum atomic E-state index is 12.3. The fraction of sp³-hybridized carbons (Fsp3) is 0.571. The van der Waals surface area contributed by atoms with Crippen molar-refractivity contribution in [1.29, 1.82) is 0 Å². The van der Waals surface area contributed by atoms with E-state index in [2.05, 4.69) is 22.5 Å². The van der Waals surface area contributed by atoms with Gasteiger partial charge < -0.3 is 15.4 Å². The summed E-state index contributed by atoms with van der Waals surface area (Å²) in [5.74, 6) is 0.604. The molecule has 2 heterocycles. The minimum atomic E-state index is -0.0568. The van der Waals surface area contributed by atoms with Crippen LogP contribution < -0.4 is 10.6 Å². The van der Waals surface area contributed by atoms with Crippen molar-refractivity contribution in [3.63, 3.8) is 0 Å². The number of nitrogens with one attached hydrogen (secondary N) is 2. The lowest BCUT2D eigenvalue weighted by atomic mass is 10.1. The number of rotatable bonds is 5. The predicted octanol–water partition coefficient (Wildman–Crippen LogP) is 1.81. The molecule has 1 aromatic heterocycles. The molecule has 1 saturated heterocycles. The highest BCUT2D eigenvalue weighted by Crippen LogP contribution is 2.13. The third-order valence-corrected chi connectivity index (χ3v) is 3.15. The first-order valence-corrected chi connectivity index (χ1v) is 6.88. The Balaban J connectivity index is 2.00. The highest BCUT2D eigenvalue weighted by Gasteiger charge is 2.19. The summed E-state index contributed by atoms with van der Waals surface area (Å²) in [5, 5.41) is 6.24. The van der Waals surface area contributed by atoms with E-state index in [0.29, 0.717) is 11.4 Å². The normalized spacial score (nSPS) is 16.1. The highest BCUT2D eigenvalue weighted by atomic mass is 16.5. The van der Waals surface area contributed by atoms with E-state index in [0.717, 1.165) is 39.0 Å². The van der Waals surface area contributed by atoms with Crippen molar-refractivity contribution in [3.8, 4) is 0 Å². The van der Waals surface area contributed by atoms with Crippen molar-refractivity contribution in [2.45, 2.75) is 32.2 Å². The molecule has 0 aliphatic carbocycles. The van der Waals surface area contributed by atoms with Gasteiger partial charge >= 0.3 is 0 Å². The summed E-state index contributed by atoms with van der Waals surface area (Å²) in [4.78, 5) is 16.5. The van der Waals surface area contributed by atoms with Gasteiger partial charge in [0.15, 0.2) is 0 Å². The SMILES string of the molecule is CCCNc1ncccc1C(=O)NC1CCOCC1. The van der Waals surface area contributed by atoms with Crippen molar-refractivity contribution in [2.24, 2.45) is 0 Å². The summed E-state index contributed by atoms with van der Waals surface area (Å²) in [6, 6.07) is 3.80. The lowest BCUT2D eigenvalue weighted by Gasteiger charge is -2.23. The van der Waals surface area contributed by atoms with E-state index in [1.54, 1.807) is 18.3 Å². The maximum absolute atomic E-state index is 12.3. The Morgan fingerprint density at radius 2 is 2.26 bits per heavy atom. The summed E-state index contributed by atoms with van der Waals surface area (Å²) in [5.41, 5.74) is 0.613. The van der Waals surface area contributed by atoms with Gasteiger partial charge in [0.1, 0.15) is 5.82 Å². The number of anilines is 1. The zero-order chi connectivity index (χ0) is 13.5.